The number of hydrogen-bond acceptors (Lipinski definition) is 5. The Hall–Kier alpha value is -2.81. The van der Waals surface area contributed by atoms with E-state index in [2.05, 4.69) is 0 Å². The van der Waals surface area contributed by atoms with E-state index >= 15 is 0 Å². The van der Waals surface area contributed by atoms with Crippen molar-refractivity contribution in [3.8, 4) is 6.07 Å². The highest BCUT2D eigenvalue weighted by atomic mass is 16.6. The number of benzene rings is 1. The molecular weight excluding hydrogens is 296 g/mol. The first-order valence-electron chi connectivity index (χ1n) is 7.31. The quantitative estimate of drug-likeness (QED) is 0.801. The summed E-state index contributed by atoms with van der Waals surface area (Å²) in [7, 11) is 1.31. The van der Waals surface area contributed by atoms with Gasteiger partial charge in [-0.15, -0.1) is 0 Å². The first kappa shape index (κ1) is 16.6. The van der Waals surface area contributed by atoms with Crippen LogP contribution >= 0.6 is 0 Å². The van der Waals surface area contributed by atoms with E-state index in [1.165, 1.54) is 12.0 Å². The molecule has 23 heavy (non-hydrogen) atoms. The minimum absolute atomic E-state index is 0.0461. The molecule has 1 aromatic carbocycles. The fraction of sp³-hybridized carbons (Fsp3) is 0.353. The summed E-state index contributed by atoms with van der Waals surface area (Å²) in [6, 6.07) is 11.4. The number of methoxy groups -OCH3 is 1. The Morgan fingerprint density at radius 2 is 2.04 bits per heavy atom. The molecular formula is C17H18N2O4. The zero-order valence-electron chi connectivity index (χ0n) is 13.1. The van der Waals surface area contributed by atoms with Crippen molar-refractivity contribution in [2.24, 2.45) is 5.92 Å². The molecule has 6 nitrogen and oxygen atoms in total. The highest BCUT2D eigenvalue weighted by Crippen LogP contribution is 2.34. The van der Waals surface area contributed by atoms with E-state index in [1.54, 1.807) is 13.0 Å². The van der Waals surface area contributed by atoms with Crippen LogP contribution in [0.4, 0.5) is 4.79 Å². The fourth-order valence-corrected chi connectivity index (χ4v) is 2.63. The SMILES string of the molecule is CCOC(=O)N1C[C@@H](C(=O)OC)[C@H](c2ccccc2)C=C1C#N. The normalized spacial score (nSPS) is 20.2. The summed E-state index contributed by atoms with van der Waals surface area (Å²) in [5.74, 6) is -1.35. The number of hydrogen-bond donors (Lipinski definition) is 0. The summed E-state index contributed by atoms with van der Waals surface area (Å²) in [6.45, 7) is 1.92. The zero-order valence-corrected chi connectivity index (χ0v) is 13.1. The third-order valence-corrected chi connectivity index (χ3v) is 3.73. The van der Waals surface area contributed by atoms with Gasteiger partial charge in [0.1, 0.15) is 11.8 Å². The van der Waals surface area contributed by atoms with Crippen molar-refractivity contribution in [2.75, 3.05) is 20.3 Å². The van der Waals surface area contributed by atoms with Crippen LogP contribution in [0.1, 0.15) is 18.4 Å². The van der Waals surface area contributed by atoms with Gasteiger partial charge in [0.05, 0.1) is 19.6 Å². The molecule has 1 amide bonds. The molecule has 1 aliphatic rings. The molecule has 0 aromatic heterocycles. The maximum Gasteiger partial charge on any atom is 0.414 e. The monoisotopic (exact) mass is 314 g/mol. The van der Waals surface area contributed by atoms with Crippen LogP contribution < -0.4 is 0 Å². The van der Waals surface area contributed by atoms with Crippen molar-refractivity contribution in [3.63, 3.8) is 0 Å². The summed E-state index contributed by atoms with van der Waals surface area (Å²) in [6.07, 6.45) is 0.984. The number of nitriles is 1. The van der Waals surface area contributed by atoms with Crippen LogP contribution in [-0.2, 0) is 14.3 Å². The molecule has 0 spiro atoms. The van der Waals surface area contributed by atoms with E-state index in [1.807, 2.05) is 36.4 Å². The summed E-state index contributed by atoms with van der Waals surface area (Å²) < 4.78 is 9.83. The number of amides is 1. The first-order valence-corrected chi connectivity index (χ1v) is 7.31. The topological polar surface area (TPSA) is 79.6 Å². The average Bonchev–Trinajstić information content (AvgIpc) is 2.60. The van der Waals surface area contributed by atoms with Crippen LogP contribution in [-0.4, -0.2) is 37.2 Å². The summed E-state index contributed by atoms with van der Waals surface area (Å²) in [5.41, 5.74) is 1.07. The molecule has 6 heteroatoms. The Morgan fingerprint density at radius 3 is 2.61 bits per heavy atom. The Kier molecular flexibility index (Phi) is 5.36. The maximum atomic E-state index is 12.2. The van der Waals surface area contributed by atoms with E-state index in [4.69, 9.17) is 9.47 Å². The number of esters is 1. The molecule has 1 aliphatic heterocycles. The third-order valence-electron chi connectivity index (χ3n) is 3.73. The zero-order chi connectivity index (χ0) is 16.8. The van der Waals surface area contributed by atoms with Gasteiger partial charge in [0, 0.05) is 12.5 Å². The largest absolute Gasteiger partial charge is 0.469 e. The van der Waals surface area contributed by atoms with Gasteiger partial charge in [-0.05, 0) is 18.6 Å². The molecule has 1 aromatic rings. The molecule has 0 bridgehead atoms. The summed E-state index contributed by atoms with van der Waals surface area (Å²) in [5, 5.41) is 9.34. The van der Waals surface area contributed by atoms with Crippen LogP contribution in [0.5, 0.6) is 0 Å². The van der Waals surface area contributed by atoms with Gasteiger partial charge < -0.3 is 9.47 Å². The van der Waals surface area contributed by atoms with Gasteiger partial charge in [-0.2, -0.15) is 5.26 Å². The Labute approximate surface area is 134 Å². The fourth-order valence-electron chi connectivity index (χ4n) is 2.63. The Morgan fingerprint density at radius 1 is 1.35 bits per heavy atom. The minimum atomic E-state index is -0.638. The van der Waals surface area contributed by atoms with Crippen molar-refractivity contribution in [3.05, 3.63) is 47.7 Å². The van der Waals surface area contributed by atoms with Crippen molar-refractivity contribution in [1.29, 1.82) is 5.26 Å². The highest BCUT2D eigenvalue weighted by Gasteiger charge is 2.38. The van der Waals surface area contributed by atoms with Crippen molar-refractivity contribution in [2.45, 2.75) is 12.8 Å². The van der Waals surface area contributed by atoms with Gasteiger partial charge in [0.15, 0.2) is 0 Å². The first-order chi connectivity index (χ1) is 11.1. The number of allylic oxidation sites excluding steroid dienone is 2. The molecule has 0 fully saturated rings. The second-order valence-corrected chi connectivity index (χ2v) is 5.04. The molecule has 2 rings (SSSR count). The molecule has 0 saturated heterocycles. The van der Waals surface area contributed by atoms with Crippen molar-refractivity contribution < 1.29 is 19.1 Å². The second kappa shape index (κ2) is 7.45. The molecule has 0 radical (unpaired) electrons. The second-order valence-electron chi connectivity index (χ2n) is 5.04. The lowest BCUT2D eigenvalue weighted by atomic mass is 9.82. The van der Waals surface area contributed by atoms with Gasteiger partial charge in [0.25, 0.3) is 0 Å². The predicted molar refractivity (Wildman–Crippen MR) is 82.1 cm³/mol. The van der Waals surface area contributed by atoms with Gasteiger partial charge in [-0.3, -0.25) is 9.69 Å². The van der Waals surface area contributed by atoms with Crippen molar-refractivity contribution in [1.82, 2.24) is 4.90 Å². The van der Waals surface area contributed by atoms with Crippen LogP contribution in [0.3, 0.4) is 0 Å². The van der Waals surface area contributed by atoms with E-state index in [9.17, 15) is 14.9 Å². The van der Waals surface area contributed by atoms with Crippen LogP contribution in [0.15, 0.2) is 42.1 Å². The molecule has 2 atom stereocenters. The maximum absolute atomic E-state index is 12.2. The minimum Gasteiger partial charge on any atom is -0.469 e. The molecule has 1 heterocycles. The van der Waals surface area contributed by atoms with Gasteiger partial charge in [-0.1, -0.05) is 30.3 Å². The molecule has 0 N–H and O–H groups in total. The Balaban J connectivity index is 2.43. The van der Waals surface area contributed by atoms with Crippen LogP contribution in [0.2, 0.25) is 0 Å². The summed E-state index contributed by atoms with van der Waals surface area (Å²) >= 11 is 0. The molecule has 0 unspecified atom stereocenters. The standard InChI is InChI=1S/C17H18N2O4/c1-3-23-17(21)19-11-15(16(20)22-2)14(9-13(19)10-18)12-7-5-4-6-8-12/h4-9,14-15H,3,11H2,1-2H3/t14-,15+/m0/s1. The molecule has 120 valence electrons. The van der Waals surface area contributed by atoms with Crippen molar-refractivity contribution >= 4 is 12.1 Å². The van der Waals surface area contributed by atoms with E-state index in [-0.39, 0.29) is 24.8 Å². The Bertz CT molecular complexity index is 648. The smallest absolute Gasteiger partial charge is 0.414 e. The van der Waals surface area contributed by atoms with Gasteiger partial charge in [0.2, 0.25) is 0 Å². The lowest BCUT2D eigenvalue weighted by molar-refractivity contribution is -0.146. The van der Waals surface area contributed by atoms with E-state index < -0.39 is 18.0 Å². The molecule has 0 aliphatic carbocycles. The number of carbonyl (C=O) groups is 2. The van der Waals surface area contributed by atoms with Crippen LogP contribution in [0.25, 0.3) is 0 Å². The van der Waals surface area contributed by atoms with E-state index in [0.29, 0.717) is 0 Å². The van der Waals surface area contributed by atoms with Crippen LogP contribution in [0, 0.1) is 17.2 Å². The number of nitrogens with zero attached hydrogens (tertiary/aromatic N) is 2. The number of carbonyl (C=O) groups excluding carboxylic acids is 2. The van der Waals surface area contributed by atoms with Gasteiger partial charge >= 0.3 is 12.1 Å². The summed E-state index contributed by atoms with van der Waals surface area (Å²) in [4.78, 5) is 25.4. The number of ether oxygens (including phenoxy) is 2. The lowest BCUT2D eigenvalue weighted by Gasteiger charge is -2.33. The van der Waals surface area contributed by atoms with Gasteiger partial charge in [-0.25, -0.2) is 4.79 Å². The van der Waals surface area contributed by atoms with E-state index in [0.717, 1.165) is 5.56 Å². The highest BCUT2D eigenvalue weighted by molar-refractivity contribution is 5.78. The third kappa shape index (κ3) is 3.51. The lowest BCUT2D eigenvalue weighted by Crippen LogP contribution is -2.43. The number of rotatable bonds is 3. The predicted octanol–water partition coefficient (Wildman–Crippen LogP) is 2.44. The molecule has 0 saturated carbocycles. The average molecular weight is 314 g/mol.